The topological polar surface area (TPSA) is 79.5 Å². The minimum Gasteiger partial charge on any atom is -0.444 e. The molecule has 0 spiro atoms. The van der Waals surface area contributed by atoms with Gasteiger partial charge in [0.2, 0.25) is 0 Å². The van der Waals surface area contributed by atoms with Gasteiger partial charge in [0.05, 0.1) is 0 Å². The number of hydrogen-bond donors (Lipinski definition) is 3. The lowest BCUT2D eigenvalue weighted by Crippen LogP contribution is -2.39. The second-order valence-electron chi connectivity index (χ2n) is 6.08. The molecule has 0 aromatic heterocycles. The molecule has 0 aliphatic carbocycles. The van der Waals surface area contributed by atoms with Crippen molar-refractivity contribution in [2.45, 2.75) is 40.2 Å². The number of carbonyl (C=O) groups is 2. The molecule has 1 aromatic carbocycles. The van der Waals surface area contributed by atoms with Crippen molar-refractivity contribution in [2.24, 2.45) is 0 Å². The summed E-state index contributed by atoms with van der Waals surface area (Å²) in [7, 11) is 0. The van der Waals surface area contributed by atoms with Gasteiger partial charge >= 0.3 is 12.1 Å². The molecule has 122 valence electrons. The Bertz CT molecular complexity index is 516. The molecule has 0 saturated carbocycles. The van der Waals surface area contributed by atoms with Gasteiger partial charge in [-0.1, -0.05) is 18.2 Å². The van der Waals surface area contributed by atoms with Crippen LogP contribution in [0.4, 0.5) is 15.3 Å². The molecule has 3 amide bonds. The summed E-state index contributed by atoms with van der Waals surface area (Å²) in [6.45, 7) is 9.87. The van der Waals surface area contributed by atoms with E-state index in [9.17, 15) is 9.59 Å². The fraction of sp³-hybridized carbons (Fsp3) is 0.500. The highest BCUT2D eigenvalue weighted by molar-refractivity contribution is 5.90. The van der Waals surface area contributed by atoms with E-state index in [4.69, 9.17) is 4.74 Å². The summed E-state index contributed by atoms with van der Waals surface area (Å²) in [5, 5.41) is 8.07. The average molecular weight is 307 g/mol. The van der Waals surface area contributed by atoms with Gasteiger partial charge < -0.3 is 20.7 Å². The number of anilines is 1. The highest BCUT2D eigenvalue weighted by atomic mass is 16.6. The van der Waals surface area contributed by atoms with Crippen LogP contribution in [0.15, 0.2) is 18.2 Å². The lowest BCUT2D eigenvalue weighted by molar-refractivity contribution is 0.0528. The second-order valence-corrected chi connectivity index (χ2v) is 6.08. The third kappa shape index (κ3) is 6.47. The number of ether oxygens (including phenoxy) is 1. The van der Waals surface area contributed by atoms with Crippen LogP contribution in [0, 0.1) is 13.8 Å². The molecule has 6 heteroatoms. The van der Waals surface area contributed by atoms with Crippen LogP contribution in [0.25, 0.3) is 0 Å². The summed E-state index contributed by atoms with van der Waals surface area (Å²) < 4.78 is 5.09. The smallest absolute Gasteiger partial charge is 0.407 e. The quantitative estimate of drug-likeness (QED) is 0.748. The van der Waals surface area contributed by atoms with Crippen molar-refractivity contribution in [1.82, 2.24) is 10.6 Å². The third-order valence-corrected chi connectivity index (χ3v) is 2.80. The number of amides is 3. The minimum absolute atomic E-state index is 0.301. The number of para-hydroxylation sites is 1. The zero-order valence-corrected chi connectivity index (χ0v) is 13.9. The van der Waals surface area contributed by atoms with Gasteiger partial charge in [-0.05, 0) is 45.7 Å². The van der Waals surface area contributed by atoms with Crippen LogP contribution in [0.1, 0.15) is 31.9 Å². The molecule has 1 rings (SSSR count). The SMILES string of the molecule is Cc1cccc(C)c1NC(=O)NCCNC(=O)OC(C)(C)C. The van der Waals surface area contributed by atoms with Crippen LogP contribution >= 0.6 is 0 Å². The number of rotatable bonds is 4. The van der Waals surface area contributed by atoms with Gasteiger partial charge in [0, 0.05) is 18.8 Å². The Morgan fingerprint density at radius 2 is 1.59 bits per heavy atom. The summed E-state index contributed by atoms with van der Waals surface area (Å²) in [6.07, 6.45) is -0.496. The first-order chi connectivity index (χ1) is 10.2. The maximum Gasteiger partial charge on any atom is 0.407 e. The van der Waals surface area contributed by atoms with E-state index in [0.717, 1.165) is 16.8 Å². The Labute approximate surface area is 131 Å². The molecule has 0 saturated heterocycles. The molecule has 0 fully saturated rings. The van der Waals surface area contributed by atoms with Gasteiger partial charge in [0.25, 0.3) is 0 Å². The molecule has 0 aliphatic rings. The number of alkyl carbamates (subject to hydrolysis) is 1. The van der Waals surface area contributed by atoms with Crippen LogP contribution in [-0.4, -0.2) is 30.8 Å². The first-order valence-corrected chi connectivity index (χ1v) is 7.27. The molecular formula is C16H25N3O3. The predicted octanol–water partition coefficient (Wildman–Crippen LogP) is 2.95. The van der Waals surface area contributed by atoms with Crippen molar-refractivity contribution in [3.05, 3.63) is 29.3 Å². The number of nitrogens with one attached hydrogen (secondary N) is 3. The minimum atomic E-state index is -0.531. The van der Waals surface area contributed by atoms with E-state index in [1.54, 1.807) is 20.8 Å². The molecule has 0 unspecified atom stereocenters. The number of aryl methyl sites for hydroxylation is 2. The van der Waals surface area contributed by atoms with Gasteiger partial charge in [-0.15, -0.1) is 0 Å². The third-order valence-electron chi connectivity index (χ3n) is 2.80. The fourth-order valence-electron chi connectivity index (χ4n) is 1.82. The maximum atomic E-state index is 11.8. The molecule has 0 bridgehead atoms. The van der Waals surface area contributed by atoms with Gasteiger partial charge in [0.15, 0.2) is 0 Å². The van der Waals surface area contributed by atoms with E-state index in [0.29, 0.717) is 13.1 Å². The van der Waals surface area contributed by atoms with Gasteiger partial charge in [-0.3, -0.25) is 0 Å². The maximum absolute atomic E-state index is 11.8. The van der Waals surface area contributed by atoms with Crippen molar-refractivity contribution in [3.8, 4) is 0 Å². The Morgan fingerprint density at radius 3 is 2.14 bits per heavy atom. The zero-order valence-electron chi connectivity index (χ0n) is 13.9. The molecular weight excluding hydrogens is 282 g/mol. The number of benzene rings is 1. The number of carbonyl (C=O) groups excluding carboxylic acids is 2. The summed E-state index contributed by atoms with van der Waals surface area (Å²) >= 11 is 0. The Kier molecular flexibility index (Phi) is 6.22. The highest BCUT2D eigenvalue weighted by Gasteiger charge is 2.15. The van der Waals surface area contributed by atoms with E-state index in [1.807, 2.05) is 32.0 Å². The highest BCUT2D eigenvalue weighted by Crippen LogP contribution is 2.18. The van der Waals surface area contributed by atoms with Crippen LogP contribution in [0.3, 0.4) is 0 Å². The lowest BCUT2D eigenvalue weighted by atomic mass is 10.1. The first-order valence-electron chi connectivity index (χ1n) is 7.27. The van der Waals surface area contributed by atoms with Gasteiger partial charge in [-0.25, -0.2) is 9.59 Å². The van der Waals surface area contributed by atoms with E-state index in [1.165, 1.54) is 0 Å². The summed E-state index contributed by atoms with van der Waals surface area (Å²) in [5.41, 5.74) is 2.28. The molecule has 0 aliphatic heterocycles. The fourth-order valence-corrected chi connectivity index (χ4v) is 1.82. The largest absolute Gasteiger partial charge is 0.444 e. The Morgan fingerprint density at radius 1 is 1.05 bits per heavy atom. The Hall–Kier alpha value is -2.24. The standard InChI is InChI=1S/C16H25N3O3/c1-11-7-6-8-12(2)13(11)19-14(20)17-9-10-18-15(21)22-16(3,4)5/h6-8H,9-10H2,1-5H3,(H,18,21)(H2,17,19,20). The number of hydrogen-bond acceptors (Lipinski definition) is 3. The van der Waals surface area contributed by atoms with Crippen molar-refractivity contribution < 1.29 is 14.3 Å². The monoisotopic (exact) mass is 307 g/mol. The summed E-state index contributed by atoms with van der Waals surface area (Å²) in [4.78, 5) is 23.2. The van der Waals surface area contributed by atoms with Crippen molar-refractivity contribution in [2.75, 3.05) is 18.4 Å². The average Bonchev–Trinajstić information content (AvgIpc) is 2.37. The van der Waals surface area contributed by atoms with Crippen LogP contribution in [0.5, 0.6) is 0 Å². The predicted molar refractivity (Wildman–Crippen MR) is 87.2 cm³/mol. The van der Waals surface area contributed by atoms with E-state index >= 15 is 0 Å². The second kappa shape index (κ2) is 7.68. The van der Waals surface area contributed by atoms with Gasteiger partial charge in [-0.2, -0.15) is 0 Å². The van der Waals surface area contributed by atoms with Crippen LogP contribution < -0.4 is 16.0 Å². The van der Waals surface area contributed by atoms with Crippen molar-refractivity contribution >= 4 is 17.8 Å². The van der Waals surface area contributed by atoms with Crippen molar-refractivity contribution in [3.63, 3.8) is 0 Å². The zero-order chi connectivity index (χ0) is 16.8. The molecule has 0 heterocycles. The van der Waals surface area contributed by atoms with Crippen LogP contribution in [-0.2, 0) is 4.74 Å². The van der Waals surface area contributed by atoms with Crippen molar-refractivity contribution in [1.29, 1.82) is 0 Å². The Balaban J connectivity index is 2.31. The molecule has 3 N–H and O–H groups in total. The van der Waals surface area contributed by atoms with E-state index in [2.05, 4.69) is 16.0 Å². The number of urea groups is 1. The van der Waals surface area contributed by atoms with Crippen LogP contribution in [0.2, 0.25) is 0 Å². The van der Waals surface area contributed by atoms with E-state index < -0.39 is 11.7 Å². The summed E-state index contributed by atoms with van der Waals surface area (Å²) in [5.74, 6) is 0. The normalized spacial score (nSPS) is 10.8. The molecule has 22 heavy (non-hydrogen) atoms. The molecule has 0 atom stereocenters. The molecule has 1 aromatic rings. The molecule has 0 radical (unpaired) electrons. The lowest BCUT2D eigenvalue weighted by Gasteiger charge is -2.19. The van der Waals surface area contributed by atoms with E-state index in [-0.39, 0.29) is 6.03 Å². The van der Waals surface area contributed by atoms with Gasteiger partial charge in [0.1, 0.15) is 5.60 Å². The summed E-state index contributed by atoms with van der Waals surface area (Å²) in [6, 6.07) is 5.51. The first kappa shape index (κ1) is 17.8. The molecule has 6 nitrogen and oxygen atoms in total.